The fourth-order valence-electron chi connectivity index (χ4n) is 2.13. The van der Waals surface area contributed by atoms with E-state index < -0.39 is 0 Å². The van der Waals surface area contributed by atoms with Gasteiger partial charge in [-0.3, -0.25) is 4.79 Å². The molecule has 0 aliphatic carbocycles. The third kappa shape index (κ3) is 2.60. The van der Waals surface area contributed by atoms with E-state index in [9.17, 15) is 9.90 Å². The Balaban J connectivity index is 2.37. The Kier molecular flexibility index (Phi) is 3.56. The van der Waals surface area contributed by atoms with E-state index in [1.54, 1.807) is 30.1 Å². The molecule has 1 amide bonds. The average Bonchev–Trinajstić information content (AvgIpc) is 2.38. The van der Waals surface area contributed by atoms with Crippen LogP contribution in [0, 0.1) is 13.8 Å². The molecule has 0 aromatic heterocycles. The van der Waals surface area contributed by atoms with Crippen LogP contribution in [0.1, 0.15) is 21.5 Å². The van der Waals surface area contributed by atoms with Gasteiger partial charge >= 0.3 is 0 Å². The minimum absolute atomic E-state index is 0.00381. The maximum absolute atomic E-state index is 12.4. The van der Waals surface area contributed by atoms with Gasteiger partial charge in [-0.15, -0.1) is 0 Å². The van der Waals surface area contributed by atoms with E-state index in [0.717, 1.165) is 16.8 Å². The second-order valence-corrected chi connectivity index (χ2v) is 4.67. The van der Waals surface area contributed by atoms with Crippen molar-refractivity contribution in [3.63, 3.8) is 0 Å². The smallest absolute Gasteiger partial charge is 0.261 e. The van der Waals surface area contributed by atoms with E-state index in [2.05, 4.69) is 0 Å². The van der Waals surface area contributed by atoms with Crippen LogP contribution in [0.5, 0.6) is 5.75 Å². The largest absolute Gasteiger partial charge is 0.507 e. The number of amides is 1. The van der Waals surface area contributed by atoms with Crippen molar-refractivity contribution in [1.82, 2.24) is 0 Å². The van der Waals surface area contributed by atoms with Crippen LogP contribution in [-0.2, 0) is 0 Å². The van der Waals surface area contributed by atoms with Crippen molar-refractivity contribution < 1.29 is 9.90 Å². The first kappa shape index (κ1) is 13.1. The highest BCUT2D eigenvalue weighted by molar-refractivity contribution is 6.07. The third-order valence-electron chi connectivity index (χ3n) is 3.15. The van der Waals surface area contributed by atoms with Crippen LogP contribution in [-0.4, -0.2) is 18.1 Å². The number of hydrogen-bond donors (Lipinski definition) is 1. The van der Waals surface area contributed by atoms with Crippen LogP contribution in [0.3, 0.4) is 0 Å². The molecule has 0 aliphatic rings. The SMILES string of the molecule is Cc1ccc(N(C)C(=O)c2ccccc2O)c(C)c1. The summed E-state index contributed by atoms with van der Waals surface area (Å²) in [6.07, 6.45) is 0. The summed E-state index contributed by atoms with van der Waals surface area (Å²) in [5.74, 6) is -0.214. The molecule has 3 nitrogen and oxygen atoms in total. The molecule has 3 heteroatoms. The molecule has 2 aromatic carbocycles. The van der Waals surface area contributed by atoms with Crippen molar-refractivity contribution in [2.24, 2.45) is 0 Å². The highest BCUT2D eigenvalue weighted by atomic mass is 16.3. The van der Waals surface area contributed by atoms with Gasteiger partial charge in [0.15, 0.2) is 0 Å². The van der Waals surface area contributed by atoms with Gasteiger partial charge in [0.2, 0.25) is 0 Å². The Morgan fingerprint density at radius 2 is 1.79 bits per heavy atom. The van der Waals surface area contributed by atoms with Crippen molar-refractivity contribution in [2.75, 3.05) is 11.9 Å². The first-order chi connectivity index (χ1) is 9.00. The number of carbonyl (C=O) groups excluding carboxylic acids is 1. The molecule has 98 valence electrons. The number of carbonyl (C=O) groups is 1. The molecule has 1 N–H and O–H groups in total. The van der Waals surface area contributed by atoms with Crippen LogP contribution < -0.4 is 4.90 Å². The second-order valence-electron chi connectivity index (χ2n) is 4.67. The van der Waals surface area contributed by atoms with Gasteiger partial charge in [0.25, 0.3) is 5.91 Å². The van der Waals surface area contributed by atoms with Gasteiger partial charge in [0, 0.05) is 12.7 Å². The predicted molar refractivity (Wildman–Crippen MR) is 76.8 cm³/mol. The van der Waals surface area contributed by atoms with Gasteiger partial charge in [-0.25, -0.2) is 0 Å². The number of rotatable bonds is 2. The van der Waals surface area contributed by atoms with Crippen LogP contribution in [0.2, 0.25) is 0 Å². The molecule has 0 unspecified atom stereocenters. The molecule has 0 atom stereocenters. The number of hydrogen-bond acceptors (Lipinski definition) is 2. The lowest BCUT2D eigenvalue weighted by molar-refractivity contribution is 0.0990. The molecule has 2 aromatic rings. The zero-order valence-electron chi connectivity index (χ0n) is 11.3. The van der Waals surface area contributed by atoms with Gasteiger partial charge in [0.05, 0.1) is 5.56 Å². The molecular weight excluding hydrogens is 238 g/mol. The van der Waals surface area contributed by atoms with Crippen LogP contribution in [0.4, 0.5) is 5.69 Å². The first-order valence-corrected chi connectivity index (χ1v) is 6.14. The Hall–Kier alpha value is -2.29. The number of aromatic hydroxyl groups is 1. The summed E-state index contributed by atoms with van der Waals surface area (Å²) in [5.41, 5.74) is 3.35. The van der Waals surface area contributed by atoms with Crippen LogP contribution in [0.25, 0.3) is 0 Å². The summed E-state index contributed by atoms with van der Waals surface area (Å²) >= 11 is 0. The van der Waals surface area contributed by atoms with Gasteiger partial charge < -0.3 is 10.0 Å². The van der Waals surface area contributed by atoms with Crippen molar-refractivity contribution in [2.45, 2.75) is 13.8 Å². The predicted octanol–water partition coefficient (Wildman–Crippen LogP) is 3.29. The lowest BCUT2D eigenvalue weighted by Crippen LogP contribution is -2.26. The van der Waals surface area contributed by atoms with E-state index in [-0.39, 0.29) is 11.7 Å². The maximum Gasteiger partial charge on any atom is 0.261 e. The summed E-state index contributed by atoms with van der Waals surface area (Å²) in [5, 5.41) is 9.74. The van der Waals surface area contributed by atoms with Crippen LogP contribution >= 0.6 is 0 Å². The van der Waals surface area contributed by atoms with E-state index in [0.29, 0.717) is 5.56 Å². The van der Waals surface area contributed by atoms with Crippen molar-refractivity contribution in [3.8, 4) is 5.75 Å². The van der Waals surface area contributed by atoms with Crippen molar-refractivity contribution in [3.05, 3.63) is 59.2 Å². The van der Waals surface area contributed by atoms with Crippen molar-refractivity contribution in [1.29, 1.82) is 0 Å². The van der Waals surface area contributed by atoms with E-state index in [1.807, 2.05) is 32.0 Å². The van der Waals surface area contributed by atoms with Crippen LogP contribution in [0.15, 0.2) is 42.5 Å². The summed E-state index contributed by atoms with van der Waals surface area (Å²) < 4.78 is 0. The summed E-state index contributed by atoms with van der Waals surface area (Å²) in [6.45, 7) is 3.98. The highest BCUT2D eigenvalue weighted by Gasteiger charge is 2.17. The van der Waals surface area contributed by atoms with E-state index >= 15 is 0 Å². The number of nitrogens with zero attached hydrogens (tertiary/aromatic N) is 1. The first-order valence-electron chi connectivity index (χ1n) is 6.14. The molecule has 0 saturated carbocycles. The zero-order chi connectivity index (χ0) is 14.0. The standard InChI is InChI=1S/C16H17NO2/c1-11-8-9-14(12(2)10-11)17(3)16(19)13-6-4-5-7-15(13)18/h4-10,18H,1-3H3. The number of para-hydroxylation sites is 1. The number of phenols is 1. The Bertz CT molecular complexity index is 620. The summed E-state index contributed by atoms with van der Waals surface area (Å²) in [7, 11) is 1.71. The normalized spacial score (nSPS) is 10.3. The Morgan fingerprint density at radius 1 is 1.11 bits per heavy atom. The average molecular weight is 255 g/mol. The molecule has 0 heterocycles. The summed E-state index contributed by atoms with van der Waals surface area (Å²) in [6, 6.07) is 12.5. The fraction of sp³-hybridized carbons (Fsp3) is 0.188. The van der Waals surface area contributed by atoms with E-state index in [1.165, 1.54) is 6.07 Å². The number of phenolic OH excluding ortho intramolecular Hbond substituents is 1. The molecule has 2 rings (SSSR count). The monoisotopic (exact) mass is 255 g/mol. The minimum atomic E-state index is -0.218. The maximum atomic E-state index is 12.4. The molecule has 0 bridgehead atoms. The van der Waals surface area contributed by atoms with Gasteiger partial charge in [-0.05, 0) is 37.6 Å². The zero-order valence-corrected chi connectivity index (χ0v) is 11.3. The van der Waals surface area contributed by atoms with Gasteiger partial charge in [-0.1, -0.05) is 29.8 Å². The van der Waals surface area contributed by atoms with Crippen molar-refractivity contribution >= 4 is 11.6 Å². The molecule has 0 spiro atoms. The number of anilines is 1. The molecular formula is C16H17NO2. The number of benzene rings is 2. The quantitative estimate of drug-likeness (QED) is 0.894. The number of aryl methyl sites for hydroxylation is 2. The molecule has 0 radical (unpaired) electrons. The molecule has 0 aliphatic heterocycles. The molecule has 19 heavy (non-hydrogen) atoms. The Labute approximate surface area is 113 Å². The topological polar surface area (TPSA) is 40.5 Å². The highest BCUT2D eigenvalue weighted by Crippen LogP contribution is 2.24. The van der Waals surface area contributed by atoms with E-state index in [4.69, 9.17) is 0 Å². The molecule has 0 saturated heterocycles. The van der Waals surface area contributed by atoms with Gasteiger partial charge in [0.1, 0.15) is 5.75 Å². The summed E-state index contributed by atoms with van der Waals surface area (Å²) in [4.78, 5) is 13.9. The fourth-order valence-corrected chi connectivity index (χ4v) is 2.13. The third-order valence-corrected chi connectivity index (χ3v) is 3.15. The lowest BCUT2D eigenvalue weighted by atomic mass is 10.1. The second kappa shape index (κ2) is 5.14. The molecule has 0 fully saturated rings. The minimum Gasteiger partial charge on any atom is -0.507 e. The van der Waals surface area contributed by atoms with Gasteiger partial charge in [-0.2, -0.15) is 0 Å². The Morgan fingerprint density at radius 3 is 2.42 bits per heavy atom. The lowest BCUT2D eigenvalue weighted by Gasteiger charge is -2.20.